The van der Waals surface area contributed by atoms with E-state index in [1.54, 1.807) is 0 Å². The Morgan fingerprint density at radius 1 is 1.10 bits per heavy atom. The van der Waals surface area contributed by atoms with E-state index in [-0.39, 0.29) is 23.6 Å². The van der Waals surface area contributed by atoms with Gasteiger partial charge in [0.2, 0.25) is 5.92 Å². The number of hydrogen-bond acceptors (Lipinski definition) is 4. The number of hydrogen-bond donors (Lipinski definition) is 2. The van der Waals surface area contributed by atoms with Gasteiger partial charge in [0.05, 0.1) is 21.9 Å². The van der Waals surface area contributed by atoms with Crippen molar-refractivity contribution in [3.8, 4) is 0 Å². The summed E-state index contributed by atoms with van der Waals surface area (Å²) >= 11 is 11.7. The van der Waals surface area contributed by atoms with Gasteiger partial charge in [0.15, 0.2) is 0 Å². The zero-order valence-electron chi connectivity index (χ0n) is 15.7. The summed E-state index contributed by atoms with van der Waals surface area (Å²) in [6.45, 7) is 0. The topological polar surface area (TPSA) is 75.1 Å². The zero-order valence-corrected chi connectivity index (χ0v) is 17.2. The van der Waals surface area contributed by atoms with Crippen LogP contribution in [-0.2, 0) is 6.18 Å². The van der Waals surface area contributed by atoms with Crippen molar-refractivity contribution in [3.63, 3.8) is 0 Å². The van der Waals surface area contributed by atoms with Gasteiger partial charge in [-0.05, 0) is 31.0 Å². The molecule has 2 aromatic heterocycles. The molecule has 2 aromatic rings. The molecular formula is C19H16Cl2F5N3O2. The number of aromatic nitrogens is 2. The summed E-state index contributed by atoms with van der Waals surface area (Å²) in [5.74, 6) is -4.11. The van der Waals surface area contributed by atoms with E-state index in [9.17, 15) is 31.9 Å². The van der Waals surface area contributed by atoms with Crippen molar-refractivity contribution in [2.75, 3.05) is 0 Å². The van der Waals surface area contributed by atoms with Crippen LogP contribution in [0.4, 0.5) is 22.0 Å². The van der Waals surface area contributed by atoms with Gasteiger partial charge < -0.3 is 10.4 Å². The van der Waals surface area contributed by atoms with Crippen molar-refractivity contribution >= 4 is 29.1 Å². The lowest BCUT2D eigenvalue weighted by molar-refractivity contribution is -0.137. The van der Waals surface area contributed by atoms with Crippen molar-refractivity contribution in [1.29, 1.82) is 0 Å². The first-order chi connectivity index (χ1) is 14.3. The van der Waals surface area contributed by atoms with Crippen LogP contribution in [0, 0.1) is 0 Å². The van der Waals surface area contributed by atoms with Crippen LogP contribution in [-0.4, -0.2) is 32.5 Å². The Morgan fingerprint density at radius 3 is 2.29 bits per heavy atom. The van der Waals surface area contributed by atoms with Crippen molar-refractivity contribution in [2.24, 2.45) is 0 Å². The van der Waals surface area contributed by atoms with Crippen LogP contribution >= 0.6 is 23.2 Å². The van der Waals surface area contributed by atoms with Gasteiger partial charge in [0, 0.05) is 30.3 Å². The van der Waals surface area contributed by atoms with Crippen LogP contribution < -0.4 is 5.32 Å². The van der Waals surface area contributed by atoms with Crippen LogP contribution in [0.3, 0.4) is 0 Å². The lowest BCUT2D eigenvalue weighted by Crippen LogP contribution is -2.50. The molecular weight excluding hydrogens is 468 g/mol. The van der Waals surface area contributed by atoms with Crippen molar-refractivity contribution < 1.29 is 31.9 Å². The third kappa shape index (κ3) is 5.24. The highest BCUT2D eigenvalue weighted by Gasteiger charge is 2.48. The second kappa shape index (κ2) is 8.48. The number of amides is 1. The summed E-state index contributed by atoms with van der Waals surface area (Å²) in [6, 6.07) is 2.01. The quantitative estimate of drug-likeness (QED) is 0.585. The van der Waals surface area contributed by atoms with Gasteiger partial charge in [-0.1, -0.05) is 23.2 Å². The summed E-state index contributed by atoms with van der Waals surface area (Å²) < 4.78 is 66.6. The average molecular weight is 484 g/mol. The minimum Gasteiger partial charge on any atom is -0.387 e. The van der Waals surface area contributed by atoms with Gasteiger partial charge in [0.25, 0.3) is 5.91 Å². The number of nitrogens with zero attached hydrogens (tertiary/aromatic N) is 2. The lowest BCUT2D eigenvalue weighted by Gasteiger charge is -2.41. The van der Waals surface area contributed by atoms with E-state index < -0.39 is 58.8 Å². The van der Waals surface area contributed by atoms with Gasteiger partial charge in [-0.3, -0.25) is 9.78 Å². The fourth-order valence-electron chi connectivity index (χ4n) is 3.42. The Balaban J connectivity index is 1.97. The molecule has 1 fully saturated rings. The summed E-state index contributed by atoms with van der Waals surface area (Å²) in [5.41, 5.74) is -3.78. The Kier molecular flexibility index (Phi) is 6.46. The molecule has 2 N–H and O–H groups in total. The van der Waals surface area contributed by atoms with Gasteiger partial charge >= 0.3 is 6.18 Å². The summed E-state index contributed by atoms with van der Waals surface area (Å²) in [6.07, 6.45) is -4.82. The number of halogens is 7. The molecule has 0 saturated heterocycles. The van der Waals surface area contributed by atoms with E-state index in [1.807, 2.05) is 0 Å². The lowest BCUT2D eigenvalue weighted by atomic mass is 9.76. The van der Waals surface area contributed by atoms with Gasteiger partial charge in [0.1, 0.15) is 11.7 Å². The number of alkyl halides is 5. The molecule has 0 radical (unpaired) electrons. The van der Waals surface area contributed by atoms with E-state index in [0.717, 1.165) is 6.20 Å². The van der Waals surface area contributed by atoms with Crippen LogP contribution in [0.25, 0.3) is 0 Å². The highest BCUT2D eigenvalue weighted by atomic mass is 35.5. The van der Waals surface area contributed by atoms with Crippen LogP contribution in [0.2, 0.25) is 10.0 Å². The Morgan fingerprint density at radius 2 is 1.71 bits per heavy atom. The summed E-state index contributed by atoms with van der Waals surface area (Å²) in [5, 5.41) is 12.7. The van der Waals surface area contributed by atoms with Crippen molar-refractivity contribution in [3.05, 3.63) is 57.6 Å². The molecule has 31 heavy (non-hydrogen) atoms. The molecule has 1 aliphatic carbocycles. The normalized spacial score (nSPS) is 19.0. The molecule has 1 atom stereocenters. The van der Waals surface area contributed by atoms with E-state index in [4.69, 9.17) is 23.2 Å². The number of nitrogens with one attached hydrogen (secondary N) is 1. The number of carbonyl (C=O) groups is 1. The molecule has 2 heterocycles. The molecule has 0 aliphatic heterocycles. The van der Waals surface area contributed by atoms with Gasteiger partial charge in [-0.25, -0.2) is 13.8 Å². The second-order valence-corrected chi connectivity index (χ2v) is 8.10. The fourth-order valence-corrected chi connectivity index (χ4v) is 3.89. The SMILES string of the molecule is O=C(NC(c1cc(Cl)ccn1)C1(O)CCC(F)(F)CC1)c1nccc(C(F)(F)F)c1Cl. The molecule has 168 valence electrons. The molecule has 1 unspecified atom stereocenters. The highest BCUT2D eigenvalue weighted by Crippen LogP contribution is 2.44. The van der Waals surface area contributed by atoms with E-state index in [1.165, 1.54) is 18.3 Å². The Labute approximate surface area is 183 Å². The molecule has 0 bridgehead atoms. The Bertz CT molecular complexity index is 977. The van der Waals surface area contributed by atoms with Gasteiger partial charge in [-0.15, -0.1) is 0 Å². The number of pyridine rings is 2. The molecule has 5 nitrogen and oxygen atoms in total. The maximum Gasteiger partial charge on any atom is 0.417 e. The van der Waals surface area contributed by atoms with E-state index in [0.29, 0.717) is 6.07 Å². The first kappa shape index (κ1) is 23.6. The summed E-state index contributed by atoms with van der Waals surface area (Å²) in [7, 11) is 0. The maximum absolute atomic E-state index is 13.6. The predicted octanol–water partition coefficient (Wildman–Crippen LogP) is 5.21. The van der Waals surface area contributed by atoms with Crippen LogP contribution in [0.5, 0.6) is 0 Å². The summed E-state index contributed by atoms with van der Waals surface area (Å²) in [4.78, 5) is 20.4. The van der Waals surface area contributed by atoms with Gasteiger partial charge in [-0.2, -0.15) is 13.2 Å². The molecule has 1 saturated carbocycles. The number of aliphatic hydroxyl groups is 1. The van der Waals surface area contributed by atoms with Crippen molar-refractivity contribution in [2.45, 2.75) is 49.4 Å². The van der Waals surface area contributed by atoms with E-state index >= 15 is 0 Å². The zero-order chi connectivity index (χ0) is 23.0. The minimum absolute atomic E-state index is 0.0525. The number of carbonyl (C=O) groups excluding carboxylic acids is 1. The molecule has 1 aliphatic rings. The van der Waals surface area contributed by atoms with E-state index in [2.05, 4.69) is 15.3 Å². The molecule has 3 rings (SSSR count). The molecule has 0 spiro atoms. The smallest absolute Gasteiger partial charge is 0.387 e. The van der Waals surface area contributed by atoms with Crippen molar-refractivity contribution in [1.82, 2.24) is 15.3 Å². The maximum atomic E-state index is 13.6. The first-order valence-corrected chi connectivity index (χ1v) is 9.82. The predicted molar refractivity (Wildman–Crippen MR) is 102 cm³/mol. The molecule has 1 amide bonds. The van der Waals surface area contributed by atoms with Crippen LogP contribution in [0.1, 0.15) is 53.5 Å². The molecule has 12 heteroatoms. The fraction of sp³-hybridized carbons (Fsp3) is 0.421. The van der Waals surface area contributed by atoms with Crippen LogP contribution in [0.15, 0.2) is 30.6 Å². The second-order valence-electron chi connectivity index (χ2n) is 7.28. The monoisotopic (exact) mass is 483 g/mol. The largest absolute Gasteiger partial charge is 0.417 e. The molecule has 0 aromatic carbocycles. The third-order valence-corrected chi connectivity index (χ3v) is 5.73. The standard InChI is InChI=1S/C19H16Cl2F5N3O2/c20-10-1-7-27-12(9-10)15(17(31)3-5-18(22,23)6-4-17)29-16(30)14-13(21)11(2-8-28-14)19(24,25)26/h1-2,7-9,15,31H,3-6H2,(H,29,30). The Hall–Kier alpha value is -2.04. The number of rotatable bonds is 4. The highest BCUT2D eigenvalue weighted by molar-refractivity contribution is 6.34. The first-order valence-electron chi connectivity index (χ1n) is 9.07. The minimum atomic E-state index is -4.82. The third-order valence-electron chi connectivity index (χ3n) is 5.11. The average Bonchev–Trinajstić information content (AvgIpc) is 2.67.